The van der Waals surface area contributed by atoms with Gasteiger partial charge in [-0.15, -0.1) is 0 Å². The summed E-state index contributed by atoms with van der Waals surface area (Å²) < 4.78 is 0. The lowest BCUT2D eigenvalue weighted by Gasteiger charge is -2.00. The van der Waals surface area contributed by atoms with Crippen LogP contribution in [0.5, 0.6) is 0 Å². The number of nitro benzene ring substituents is 1. The van der Waals surface area contributed by atoms with Gasteiger partial charge in [0.25, 0.3) is 5.69 Å². The van der Waals surface area contributed by atoms with E-state index in [4.69, 9.17) is 0 Å². The molecule has 0 spiro atoms. The van der Waals surface area contributed by atoms with Crippen LogP contribution >= 0.6 is 0 Å². The Morgan fingerprint density at radius 3 is 1.90 bits per heavy atom. The molecule has 29 heavy (non-hydrogen) atoms. The van der Waals surface area contributed by atoms with E-state index in [1.54, 1.807) is 36.8 Å². The number of nitro groups is 1. The van der Waals surface area contributed by atoms with E-state index in [-0.39, 0.29) is 11.5 Å². The molecule has 4 aromatic rings. The van der Waals surface area contributed by atoms with Crippen molar-refractivity contribution in [1.29, 1.82) is 0 Å². The van der Waals surface area contributed by atoms with Gasteiger partial charge in [0.15, 0.2) is 5.78 Å². The van der Waals surface area contributed by atoms with Crippen molar-refractivity contribution in [1.82, 2.24) is 9.97 Å². The molecule has 0 amide bonds. The highest BCUT2D eigenvalue weighted by Gasteiger charge is 2.10. The number of carbonyl (C=O) groups is 1. The van der Waals surface area contributed by atoms with E-state index in [2.05, 4.69) is 9.97 Å². The number of rotatable bonds is 4. The SMILES string of the molecule is O=C(c1ccccc1)c1ccc([N+](=O)[O-])cc1.c1ccc(-c2ccncn2)cc1. The first-order valence-corrected chi connectivity index (χ1v) is 8.81. The van der Waals surface area contributed by atoms with Crippen LogP contribution in [-0.2, 0) is 0 Å². The van der Waals surface area contributed by atoms with Gasteiger partial charge in [-0.25, -0.2) is 9.97 Å². The summed E-state index contributed by atoms with van der Waals surface area (Å²) in [5.74, 6) is -0.138. The normalized spacial score (nSPS) is 9.79. The monoisotopic (exact) mass is 383 g/mol. The van der Waals surface area contributed by atoms with Gasteiger partial charge >= 0.3 is 0 Å². The number of nitrogens with zero attached hydrogens (tertiary/aromatic N) is 3. The van der Waals surface area contributed by atoms with Crippen LogP contribution in [0.25, 0.3) is 11.3 Å². The highest BCUT2D eigenvalue weighted by Crippen LogP contribution is 2.15. The fraction of sp³-hybridized carbons (Fsp3) is 0. The lowest BCUT2D eigenvalue weighted by Crippen LogP contribution is -2.00. The molecule has 4 rings (SSSR count). The van der Waals surface area contributed by atoms with Gasteiger partial charge in [0.05, 0.1) is 10.6 Å². The summed E-state index contributed by atoms with van der Waals surface area (Å²) in [6.07, 6.45) is 3.30. The van der Waals surface area contributed by atoms with E-state index >= 15 is 0 Å². The Kier molecular flexibility index (Phi) is 6.52. The van der Waals surface area contributed by atoms with Crippen molar-refractivity contribution >= 4 is 11.5 Å². The Morgan fingerprint density at radius 1 is 0.759 bits per heavy atom. The Balaban J connectivity index is 0.000000176. The van der Waals surface area contributed by atoms with Crippen molar-refractivity contribution in [3.8, 4) is 11.3 Å². The van der Waals surface area contributed by atoms with Gasteiger partial charge in [-0.1, -0.05) is 60.7 Å². The number of carbonyl (C=O) groups excluding carboxylic acids is 1. The highest BCUT2D eigenvalue weighted by atomic mass is 16.6. The van der Waals surface area contributed by atoms with Crippen molar-refractivity contribution in [2.45, 2.75) is 0 Å². The maximum Gasteiger partial charge on any atom is 0.269 e. The zero-order valence-electron chi connectivity index (χ0n) is 15.4. The van der Waals surface area contributed by atoms with Crippen LogP contribution in [0, 0.1) is 10.1 Å². The average Bonchev–Trinajstić information content (AvgIpc) is 2.81. The fourth-order valence-electron chi connectivity index (χ4n) is 2.56. The van der Waals surface area contributed by atoms with Crippen LogP contribution in [-0.4, -0.2) is 20.7 Å². The molecule has 0 aliphatic heterocycles. The summed E-state index contributed by atoms with van der Waals surface area (Å²) in [4.78, 5) is 29.9. The molecule has 0 atom stereocenters. The van der Waals surface area contributed by atoms with Crippen LogP contribution in [0.4, 0.5) is 5.69 Å². The van der Waals surface area contributed by atoms with E-state index in [0.29, 0.717) is 11.1 Å². The lowest BCUT2D eigenvalue weighted by atomic mass is 10.0. The lowest BCUT2D eigenvalue weighted by molar-refractivity contribution is -0.384. The van der Waals surface area contributed by atoms with E-state index in [9.17, 15) is 14.9 Å². The van der Waals surface area contributed by atoms with Gasteiger partial charge in [0.1, 0.15) is 6.33 Å². The summed E-state index contributed by atoms with van der Waals surface area (Å²) in [5.41, 5.74) is 3.09. The van der Waals surface area contributed by atoms with Gasteiger partial charge in [-0.2, -0.15) is 0 Å². The van der Waals surface area contributed by atoms with Crippen LogP contribution in [0.15, 0.2) is 104 Å². The molecule has 1 aromatic heterocycles. The number of benzene rings is 3. The van der Waals surface area contributed by atoms with Crippen molar-refractivity contribution in [3.63, 3.8) is 0 Å². The van der Waals surface area contributed by atoms with Crippen LogP contribution in [0.1, 0.15) is 15.9 Å². The van der Waals surface area contributed by atoms with Gasteiger partial charge < -0.3 is 0 Å². The second kappa shape index (κ2) is 9.66. The van der Waals surface area contributed by atoms with Crippen molar-refractivity contribution in [2.24, 2.45) is 0 Å². The van der Waals surface area contributed by atoms with E-state index in [1.807, 2.05) is 42.5 Å². The Hall–Kier alpha value is -4.19. The molecule has 6 nitrogen and oxygen atoms in total. The zero-order valence-corrected chi connectivity index (χ0v) is 15.4. The number of non-ortho nitro benzene ring substituents is 1. The summed E-state index contributed by atoms with van der Waals surface area (Å²) in [6.45, 7) is 0. The highest BCUT2D eigenvalue weighted by molar-refractivity contribution is 6.09. The standard InChI is InChI=1S/C13H9NO3.C10H8N2/c15-13(10-4-2-1-3-5-10)11-6-8-12(9-7-11)14(16)17;1-2-4-9(5-3-1)10-6-7-11-8-12-10/h1-9H;1-8H. The number of hydrogen-bond donors (Lipinski definition) is 0. The third-order valence-corrected chi connectivity index (χ3v) is 4.03. The van der Waals surface area contributed by atoms with Gasteiger partial charge in [0.2, 0.25) is 0 Å². The number of hydrogen-bond acceptors (Lipinski definition) is 5. The molecule has 0 aliphatic carbocycles. The second-order valence-electron chi connectivity index (χ2n) is 5.96. The minimum atomic E-state index is -0.489. The van der Waals surface area contributed by atoms with E-state index < -0.39 is 4.92 Å². The maximum atomic E-state index is 12.0. The predicted molar refractivity (Wildman–Crippen MR) is 110 cm³/mol. The topological polar surface area (TPSA) is 86.0 Å². The minimum Gasteiger partial charge on any atom is -0.289 e. The molecule has 0 saturated heterocycles. The molecule has 0 radical (unpaired) electrons. The Morgan fingerprint density at radius 2 is 1.34 bits per heavy atom. The molecule has 1 heterocycles. The quantitative estimate of drug-likeness (QED) is 0.282. The Bertz CT molecular complexity index is 1030. The van der Waals surface area contributed by atoms with E-state index in [1.165, 1.54) is 24.3 Å². The third-order valence-electron chi connectivity index (χ3n) is 4.03. The van der Waals surface area contributed by atoms with Crippen LogP contribution in [0.3, 0.4) is 0 Å². The maximum absolute atomic E-state index is 12.0. The van der Waals surface area contributed by atoms with E-state index in [0.717, 1.165) is 11.3 Å². The Labute approximate surface area is 167 Å². The molecule has 0 fully saturated rings. The molecule has 6 heteroatoms. The number of ketones is 1. The van der Waals surface area contributed by atoms with Crippen LogP contribution in [0.2, 0.25) is 0 Å². The van der Waals surface area contributed by atoms with Gasteiger partial charge in [-0.3, -0.25) is 14.9 Å². The molecule has 142 valence electrons. The fourth-order valence-corrected chi connectivity index (χ4v) is 2.56. The van der Waals surface area contributed by atoms with Crippen molar-refractivity contribution < 1.29 is 9.72 Å². The summed E-state index contributed by atoms with van der Waals surface area (Å²) >= 11 is 0. The third kappa shape index (κ3) is 5.40. The first-order chi connectivity index (χ1) is 14.1. The zero-order chi connectivity index (χ0) is 20.5. The second-order valence-corrected chi connectivity index (χ2v) is 5.96. The first-order valence-electron chi connectivity index (χ1n) is 8.81. The molecule has 0 N–H and O–H groups in total. The minimum absolute atomic E-state index is 0.0189. The summed E-state index contributed by atoms with van der Waals surface area (Å²) in [5, 5.41) is 10.5. The summed E-state index contributed by atoms with van der Waals surface area (Å²) in [6, 6.07) is 26.3. The van der Waals surface area contributed by atoms with Crippen LogP contribution < -0.4 is 0 Å². The molecular formula is C23H17N3O3. The van der Waals surface area contributed by atoms with Gasteiger partial charge in [-0.05, 0) is 18.2 Å². The number of aromatic nitrogens is 2. The first kappa shape index (κ1) is 19.6. The van der Waals surface area contributed by atoms with Crippen molar-refractivity contribution in [3.05, 3.63) is 125 Å². The predicted octanol–water partition coefficient (Wildman–Crippen LogP) is 4.97. The molecular weight excluding hydrogens is 366 g/mol. The molecule has 3 aromatic carbocycles. The molecule has 0 bridgehead atoms. The molecule has 0 aliphatic rings. The molecule has 0 saturated carbocycles. The molecule has 0 unspecified atom stereocenters. The largest absolute Gasteiger partial charge is 0.289 e. The average molecular weight is 383 g/mol. The van der Waals surface area contributed by atoms with Gasteiger partial charge in [0, 0.05) is 35.0 Å². The van der Waals surface area contributed by atoms with Crippen molar-refractivity contribution in [2.75, 3.05) is 0 Å². The smallest absolute Gasteiger partial charge is 0.269 e. The summed E-state index contributed by atoms with van der Waals surface area (Å²) in [7, 11) is 0.